The Morgan fingerprint density at radius 1 is 1.45 bits per heavy atom. The molecule has 0 heterocycles. The van der Waals surface area contributed by atoms with Gasteiger partial charge >= 0.3 is 18.0 Å². The van der Waals surface area contributed by atoms with Crippen molar-refractivity contribution >= 4 is 18.0 Å². The normalized spacial score (nSPS) is 18.6. The third kappa shape index (κ3) is 3.61. The molecule has 1 fully saturated rings. The third-order valence-corrected chi connectivity index (χ3v) is 3.70. The molecule has 2 N–H and O–H groups in total. The fourth-order valence-corrected chi connectivity index (χ4v) is 2.08. The SMILES string of the molecule is COC(=O)C(C)CN(C)C(=O)NC(C)(C(=O)O)C1CC1. The van der Waals surface area contributed by atoms with E-state index in [9.17, 15) is 19.5 Å². The summed E-state index contributed by atoms with van der Waals surface area (Å²) in [5, 5.41) is 11.8. The number of urea groups is 1. The maximum Gasteiger partial charge on any atom is 0.329 e. The summed E-state index contributed by atoms with van der Waals surface area (Å²) in [6.45, 7) is 3.33. The first-order valence-corrected chi connectivity index (χ1v) is 6.56. The van der Waals surface area contributed by atoms with Crippen molar-refractivity contribution in [2.75, 3.05) is 20.7 Å². The first kappa shape index (κ1) is 16.3. The Morgan fingerprint density at radius 2 is 2.00 bits per heavy atom. The Kier molecular flexibility index (Phi) is 4.97. The van der Waals surface area contributed by atoms with Gasteiger partial charge in [0.15, 0.2) is 0 Å². The highest BCUT2D eigenvalue weighted by atomic mass is 16.5. The van der Waals surface area contributed by atoms with E-state index in [0.29, 0.717) is 0 Å². The number of ether oxygens (including phenoxy) is 1. The predicted octanol–water partition coefficient (Wildman–Crippen LogP) is 0.690. The van der Waals surface area contributed by atoms with E-state index in [1.165, 1.54) is 26.0 Å². The zero-order valence-electron chi connectivity index (χ0n) is 12.3. The molecule has 7 nitrogen and oxygen atoms in total. The molecule has 1 aliphatic carbocycles. The lowest BCUT2D eigenvalue weighted by Crippen LogP contribution is -2.57. The minimum Gasteiger partial charge on any atom is -0.480 e. The van der Waals surface area contributed by atoms with Crippen LogP contribution in [0.5, 0.6) is 0 Å². The fraction of sp³-hybridized carbons (Fsp3) is 0.769. The third-order valence-electron chi connectivity index (χ3n) is 3.70. The molecule has 0 aliphatic heterocycles. The molecule has 0 spiro atoms. The Morgan fingerprint density at radius 3 is 2.40 bits per heavy atom. The van der Waals surface area contributed by atoms with Gasteiger partial charge in [0.1, 0.15) is 5.54 Å². The lowest BCUT2D eigenvalue weighted by Gasteiger charge is -2.29. The van der Waals surface area contributed by atoms with Gasteiger partial charge in [0, 0.05) is 13.6 Å². The molecule has 0 bridgehead atoms. The number of nitrogens with one attached hydrogen (secondary N) is 1. The number of amides is 2. The van der Waals surface area contributed by atoms with Crippen LogP contribution in [0.4, 0.5) is 4.79 Å². The number of rotatable bonds is 6. The van der Waals surface area contributed by atoms with Crippen LogP contribution in [0.15, 0.2) is 0 Å². The quantitative estimate of drug-likeness (QED) is 0.700. The number of carboxylic acids is 1. The number of carbonyl (C=O) groups is 3. The smallest absolute Gasteiger partial charge is 0.329 e. The van der Waals surface area contributed by atoms with Crippen molar-refractivity contribution in [3.63, 3.8) is 0 Å². The van der Waals surface area contributed by atoms with E-state index in [0.717, 1.165) is 12.8 Å². The van der Waals surface area contributed by atoms with Gasteiger partial charge in [-0.3, -0.25) is 4.79 Å². The molecule has 1 rings (SSSR count). The molecular formula is C13H22N2O5. The summed E-state index contributed by atoms with van der Waals surface area (Å²) in [6.07, 6.45) is 1.59. The van der Waals surface area contributed by atoms with Crippen LogP contribution in [0.3, 0.4) is 0 Å². The predicted molar refractivity (Wildman–Crippen MR) is 71.1 cm³/mol. The van der Waals surface area contributed by atoms with E-state index in [4.69, 9.17) is 0 Å². The van der Waals surface area contributed by atoms with Gasteiger partial charge in [-0.15, -0.1) is 0 Å². The van der Waals surface area contributed by atoms with Crippen LogP contribution in [0.2, 0.25) is 0 Å². The summed E-state index contributed by atoms with van der Waals surface area (Å²) in [7, 11) is 2.80. The van der Waals surface area contributed by atoms with Gasteiger partial charge in [0.05, 0.1) is 13.0 Å². The summed E-state index contributed by atoms with van der Waals surface area (Å²) < 4.78 is 4.59. The number of hydrogen-bond donors (Lipinski definition) is 2. The van der Waals surface area contributed by atoms with Gasteiger partial charge in [-0.25, -0.2) is 9.59 Å². The highest BCUT2D eigenvalue weighted by Gasteiger charge is 2.49. The second-order valence-corrected chi connectivity index (χ2v) is 5.52. The van der Waals surface area contributed by atoms with E-state index in [1.807, 2.05) is 0 Å². The highest BCUT2D eigenvalue weighted by molar-refractivity contribution is 5.86. The Labute approximate surface area is 118 Å². The fourth-order valence-electron chi connectivity index (χ4n) is 2.08. The second-order valence-electron chi connectivity index (χ2n) is 5.52. The summed E-state index contributed by atoms with van der Waals surface area (Å²) in [5.41, 5.74) is -1.25. The molecule has 0 radical (unpaired) electrons. The van der Waals surface area contributed by atoms with Gasteiger partial charge in [0.2, 0.25) is 0 Å². The highest BCUT2D eigenvalue weighted by Crippen LogP contribution is 2.39. The zero-order valence-corrected chi connectivity index (χ0v) is 12.3. The first-order valence-electron chi connectivity index (χ1n) is 6.56. The number of hydrogen-bond acceptors (Lipinski definition) is 4. The Hall–Kier alpha value is -1.79. The van der Waals surface area contributed by atoms with Gasteiger partial charge in [-0.2, -0.15) is 0 Å². The van der Waals surface area contributed by atoms with Crippen LogP contribution < -0.4 is 5.32 Å². The number of methoxy groups -OCH3 is 1. The molecule has 2 unspecified atom stereocenters. The topological polar surface area (TPSA) is 95.9 Å². The Bertz CT molecular complexity index is 408. The lowest BCUT2D eigenvalue weighted by atomic mass is 9.96. The summed E-state index contributed by atoms with van der Waals surface area (Å²) in [6, 6.07) is -0.502. The number of nitrogens with zero attached hydrogens (tertiary/aromatic N) is 1. The van der Waals surface area contributed by atoms with Crippen molar-refractivity contribution in [1.29, 1.82) is 0 Å². The maximum atomic E-state index is 12.0. The van der Waals surface area contributed by atoms with E-state index in [-0.39, 0.29) is 12.5 Å². The molecule has 2 atom stereocenters. The van der Waals surface area contributed by atoms with Gasteiger partial charge in [0.25, 0.3) is 0 Å². The Balaban J connectivity index is 2.61. The molecule has 7 heteroatoms. The summed E-state index contributed by atoms with van der Waals surface area (Å²) >= 11 is 0. The first-order chi connectivity index (χ1) is 9.22. The van der Waals surface area contributed by atoms with Crippen molar-refractivity contribution in [2.45, 2.75) is 32.2 Å². The van der Waals surface area contributed by atoms with Gasteiger partial charge < -0.3 is 20.1 Å². The molecule has 0 saturated heterocycles. The van der Waals surface area contributed by atoms with Crippen molar-refractivity contribution in [1.82, 2.24) is 10.2 Å². The molecule has 20 heavy (non-hydrogen) atoms. The molecular weight excluding hydrogens is 264 g/mol. The molecule has 0 aromatic carbocycles. The van der Waals surface area contributed by atoms with Crippen molar-refractivity contribution in [3.8, 4) is 0 Å². The van der Waals surface area contributed by atoms with Crippen LogP contribution >= 0.6 is 0 Å². The number of aliphatic carboxylic acids is 1. The van der Waals surface area contributed by atoms with Crippen molar-refractivity contribution in [3.05, 3.63) is 0 Å². The molecule has 1 aliphatic rings. The van der Waals surface area contributed by atoms with Gasteiger partial charge in [-0.05, 0) is 25.7 Å². The van der Waals surface area contributed by atoms with Crippen LogP contribution in [-0.4, -0.2) is 54.2 Å². The molecule has 2 amide bonds. The minimum absolute atomic E-state index is 0.0321. The van der Waals surface area contributed by atoms with Crippen LogP contribution in [0.25, 0.3) is 0 Å². The van der Waals surface area contributed by atoms with E-state index in [2.05, 4.69) is 10.1 Å². The summed E-state index contributed by atoms with van der Waals surface area (Å²) in [4.78, 5) is 36.0. The van der Waals surface area contributed by atoms with Crippen LogP contribution in [0.1, 0.15) is 26.7 Å². The largest absolute Gasteiger partial charge is 0.480 e. The number of carboxylic acid groups (broad SMARTS) is 1. The van der Waals surface area contributed by atoms with Crippen molar-refractivity contribution in [2.24, 2.45) is 11.8 Å². The number of esters is 1. The minimum atomic E-state index is -1.25. The van der Waals surface area contributed by atoms with Crippen LogP contribution in [0, 0.1) is 11.8 Å². The van der Waals surface area contributed by atoms with Crippen molar-refractivity contribution < 1.29 is 24.2 Å². The molecule has 0 aromatic rings. The average molecular weight is 286 g/mol. The maximum absolute atomic E-state index is 12.0. The average Bonchev–Trinajstić information content (AvgIpc) is 3.21. The van der Waals surface area contributed by atoms with E-state index in [1.54, 1.807) is 6.92 Å². The van der Waals surface area contributed by atoms with E-state index < -0.39 is 29.4 Å². The molecule has 1 saturated carbocycles. The number of carbonyl (C=O) groups excluding carboxylic acids is 2. The molecule has 0 aromatic heterocycles. The van der Waals surface area contributed by atoms with E-state index >= 15 is 0 Å². The molecule has 114 valence electrons. The van der Waals surface area contributed by atoms with Gasteiger partial charge in [-0.1, -0.05) is 6.92 Å². The van der Waals surface area contributed by atoms with Crippen LogP contribution in [-0.2, 0) is 14.3 Å². The standard InChI is InChI=1S/C13H22N2O5/c1-8(10(16)20-4)7-15(3)12(19)14-13(2,11(17)18)9-5-6-9/h8-9H,5-7H2,1-4H3,(H,14,19)(H,17,18). The second kappa shape index (κ2) is 6.11. The zero-order chi connectivity index (χ0) is 15.5. The lowest BCUT2D eigenvalue weighted by molar-refractivity contribution is -0.146. The monoisotopic (exact) mass is 286 g/mol. The summed E-state index contributed by atoms with van der Waals surface area (Å²) in [5.74, 6) is -1.95.